The molecule has 0 radical (unpaired) electrons. The van der Waals surface area contributed by atoms with E-state index in [2.05, 4.69) is 0 Å². The zero-order valence-electron chi connectivity index (χ0n) is 12.8. The van der Waals surface area contributed by atoms with Crippen molar-refractivity contribution in [3.05, 3.63) is 52.1 Å². The molecule has 0 amide bonds. The van der Waals surface area contributed by atoms with Crippen LogP contribution in [0, 0.1) is 10.1 Å². The Morgan fingerprint density at radius 2 is 1.92 bits per heavy atom. The van der Waals surface area contributed by atoms with E-state index in [-0.39, 0.29) is 10.6 Å². The molecule has 1 aliphatic heterocycles. The van der Waals surface area contributed by atoms with E-state index in [0.717, 1.165) is 23.1 Å². The van der Waals surface area contributed by atoms with Gasteiger partial charge >= 0.3 is 0 Å². The molecular formula is C15H15N3O5S. The molecule has 0 aliphatic carbocycles. The van der Waals surface area contributed by atoms with Crippen LogP contribution in [-0.2, 0) is 16.4 Å². The number of hydrogen-bond donors (Lipinski definition) is 1. The van der Waals surface area contributed by atoms with E-state index >= 15 is 0 Å². The summed E-state index contributed by atoms with van der Waals surface area (Å²) < 4.78 is 28.1. The zero-order chi connectivity index (χ0) is 17.5. The number of benzene rings is 2. The van der Waals surface area contributed by atoms with Gasteiger partial charge in [-0.1, -0.05) is 0 Å². The molecule has 0 unspecified atom stereocenters. The van der Waals surface area contributed by atoms with Crippen molar-refractivity contribution < 1.29 is 18.1 Å². The lowest BCUT2D eigenvalue weighted by molar-refractivity contribution is -0.384. The summed E-state index contributed by atoms with van der Waals surface area (Å²) in [6, 6.07) is 9.18. The molecule has 24 heavy (non-hydrogen) atoms. The number of hydrogen-bond acceptors (Lipinski definition) is 6. The lowest BCUT2D eigenvalue weighted by atomic mass is 10.1. The Bertz CT molecular complexity index is 927. The number of methoxy groups -OCH3 is 1. The fourth-order valence-corrected chi connectivity index (χ4v) is 3.34. The van der Waals surface area contributed by atoms with Crippen LogP contribution in [0.25, 0.3) is 0 Å². The molecule has 0 saturated carbocycles. The van der Waals surface area contributed by atoms with Gasteiger partial charge in [0.25, 0.3) is 5.69 Å². The molecule has 0 bridgehead atoms. The highest BCUT2D eigenvalue weighted by Crippen LogP contribution is 2.41. The predicted molar refractivity (Wildman–Crippen MR) is 88.2 cm³/mol. The van der Waals surface area contributed by atoms with Gasteiger partial charge in [-0.25, -0.2) is 13.6 Å². The van der Waals surface area contributed by atoms with Crippen molar-refractivity contribution in [3.63, 3.8) is 0 Å². The Kier molecular flexibility index (Phi) is 3.90. The Morgan fingerprint density at radius 3 is 2.54 bits per heavy atom. The normalized spacial score (nSPS) is 13.7. The minimum absolute atomic E-state index is 0.285. The topological polar surface area (TPSA) is 116 Å². The predicted octanol–water partition coefficient (Wildman–Crippen LogP) is 1.94. The van der Waals surface area contributed by atoms with E-state index in [1.807, 2.05) is 12.1 Å². The van der Waals surface area contributed by atoms with Crippen molar-refractivity contribution in [2.45, 2.75) is 11.3 Å². The molecule has 0 fully saturated rings. The first kappa shape index (κ1) is 16.2. The highest BCUT2D eigenvalue weighted by Gasteiger charge is 2.28. The summed E-state index contributed by atoms with van der Waals surface area (Å²) in [4.78, 5) is 12.3. The number of fused-ring (bicyclic) bond motifs is 1. The number of nitrogens with two attached hydrogens (primary N) is 1. The molecular weight excluding hydrogens is 334 g/mol. The molecule has 3 rings (SSSR count). The molecule has 9 heteroatoms. The van der Waals surface area contributed by atoms with E-state index in [4.69, 9.17) is 9.88 Å². The lowest BCUT2D eigenvalue weighted by Gasteiger charge is -2.20. The van der Waals surface area contributed by atoms with Crippen LogP contribution in [0.3, 0.4) is 0 Å². The van der Waals surface area contributed by atoms with Gasteiger partial charge in [-0.05, 0) is 42.3 Å². The first-order valence-electron chi connectivity index (χ1n) is 7.07. The zero-order valence-corrected chi connectivity index (χ0v) is 13.6. The standard InChI is InChI=1S/C15H15N3O5S/c1-23-11-2-4-13-10(8-11)6-7-17(13)14-5-3-12(24(16,21)22)9-15(14)18(19)20/h2-5,8-9H,6-7H2,1H3,(H2,16,21,22). The number of nitro benzene ring substituents is 1. The smallest absolute Gasteiger partial charge is 0.294 e. The van der Waals surface area contributed by atoms with Crippen LogP contribution in [0.2, 0.25) is 0 Å². The number of ether oxygens (including phenoxy) is 1. The van der Waals surface area contributed by atoms with Gasteiger partial charge in [-0.2, -0.15) is 0 Å². The second-order valence-electron chi connectivity index (χ2n) is 5.35. The number of rotatable bonds is 4. The fraction of sp³-hybridized carbons (Fsp3) is 0.200. The van der Waals surface area contributed by atoms with Gasteiger partial charge in [0.15, 0.2) is 0 Å². The molecule has 126 valence electrons. The number of sulfonamides is 1. The molecule has 1 aliphatic rings. The van der Waals surface area contributed by atoms with Crippen molar-refractivity contribution in [3.8, 4) is 5.75 Å². The van der Waals surface area contributed by atoms with Crippen molar-refractivity contribution >= 4 is 27.1 Å². The molecule has 8 nitrogen and oxygen atoms in total. The highest BCUT2D eigenvalue weighted by molar-refractivity contribution is 7.89. The summed E-state index contributed by atoms with van der Waals surface area (Å²) >= 11 is 0. The monoisotopic (exact) mass is 349 g/mol. The lowest BCUT2D eigenvalue weighted by Crippen LogP contribution is -2.17. The molecule has 0 saturated heterocycles. The van der Waals surface area contributed by atoms with Gasteiger partial charge in [0.1, 0.15) is 11.4 Å². The van der Waals surface area contributed by atoms with Crippen LogP contribution in [0.4, 0.5) is 17.1 Å². The van der Waals surface area contributed by atoms with E-state index in [9.17, 15) is 18.5 Å². The Morgan fingerprint density at radius 1 is 1.21 bits per heavy atom. The van der Waals surface area contributed by atoms with Crippen molar-refractivity contribution in [1.29, 1.82) is 0 Å². The van der Waals surface area contributed by atoms with E-state index in [0.29, 0.717) is 18.7 Å². The van der Waals surface area contributed by atoms with Gasteiger partial charge in [0.05, 0.1) is 16.9 Å². The maximum Gasteiger partial charge on any atom is 0.294 e. The van der Waals surface area contributed by atoms with E-state index in [1.54, 1.807) is 18.1 Å². The van der Waals surface area contributed by atoms with Gasteiger partial charge in [-0.15, -0.1) is 0 Å². The summed E-state index contributed by atoms with van der Waals surface area (Å²) in [5.74, 6) is 0.717. The van der Waals surface area contributed by atoms with Crippen molar-refractivity contribution in [1.82, 2.24) is 0 Å². The average molecular weight is 349 g/mol. The van der Waals surface area contributed by atoms with Crippen LogP contribution in [0.5, 0.6) is 5.75 Å². The minimum Gasteiger partial charge on any atom is -0.497 e. The summed E-state index contributed by atoms with van der Waals surface area (Å²) in [6.45, 7) is 0.554. The summed E-state index contributed by atoms with van der Waals surface area (Å²) in [5, 5.41) is 16.5. The van der Waals surface area contributed by atoms with Crippen LogP contribution < -0.4 is 14.8 Å². The molecule has 2 N–H and O–H groups in total. The average Bonchev–Trinajstić information content (AvgIpc) is 2.96. The second-order valence-corrected chi connectivity index (χ2v) is 6.91. The minimum atomic E-state index is -4.01. The number of anilines is 2. The van der Waals surface area contributed by atoms with Gasteiger partial charge < -0.3 is 9.64 Å². The Balaban J connectivity index is 2.10. The number of primary sulfonamides is 1. The molecule has 0 aromatic heterocycles. The largest absolute Gasteiger partial charge is 0.497 e. The summed E-state index contributed by atoms with van der Waals surface area (Å²) in [6.07, 6.45) is 0.709. The Labute approximate surface area is 138 Å². The van der Waals surface area contributed by atoms with Crippen molar-refractivity contribution in [2.75, 3.05) is 18.6 Å². The Hall–Kier alpha value is -2.65. The third-order valence-electron chi connectivity index (χ3n) is 3.95. The maximum absolute atomic E-state index is 11.4. The first-order chi connectivity index (χ1) is 11.3. The van der Waals surface area contributed by atoms with Crippen LogP contribution >= 0.6 is 0 Å². The van der Waals surface area contributed by atoms with Crippen LogP contribution in [0.15, 0.2) is 41.3 Å². The molecule has 1 heterocycles. The van der Waals surface area contributed by atoms with Gasteiger partial charge in [0.2, 0.25) is 10.0 Å². The van der Waals surface area contributed by atoms with Gasteiger partial charge in [0, 0.05) is 18.3 Å². The van der Waals surface area contributed by atoms with Crippen LogP contribution in [0.1, 0.15) is 5.56 Å². The summed E-state index contributed by atoms with van der Waals surface area (Å²) in [5.41, 5.74) is 1.88. The fourth-order valence-electron chi connectivity index (χ4n) is 2.81. The maximum atomic E-state index is 11.4. The molecule has 0 spiro atoms. The third-order valence-corrected chi connectivity index (χ3v) is 4.86. The molecule has 0 atom stereocenters. The summed E-state index contributed by atoms with van der Waals surface area (Å²) in [7, 11) is -2.43. The number of nitro groups is 1. The quantitative estimate of drug-likeness (QED) is 0.666. The van der Waals surface area contributed by atoms with E-state index < -0.39 is 14.9 Å². The molecule has 2 aromatic rings. The first-order valence-corrected chi connectivity index (χ1v) is 8.61. The van der Waals surface area contributed by atoms with Crippen molar-refractivity contribution in [2.24, 2.45) is 5.14 Å². The van der Waals surface area contributed by atoms with E-state index in [1.165, 1.54) is 12.1 Å². The number of nitrogens with zero attached hydrogens (tertiary/aromatic N) is 2. The molecule has 2 aromatic carbocycles. The third kappa shape index (κ3) is 2.79. The second kappa shape index (κ2) is 5.77. The SMILES string of the molecule is COc1ccc2c(c1)CCN2c1ccc(S(N)(=O)=O)cc1[N+](=O)[O-]. The highest BCUT2D eigenvalue weighted by atomic mass is 32.2. The van der Waals surface area contributed by atoms with Gasteiger partial charge in [-0.3, -0.25) is 10.1 Å². The van der Waals surface area contributed by atoms with Crippen LogP contribution in [-0.4, -0.2) is 27.0 Å².